The molecule has 2 heterocycles. The summed E-state index contributed by atoms with van der Waals surface area (Å²) in [5.74, 6) is -1.66. The van der Waals surface area contributed by atoms with Crippen LogP contribution in [0.15, 0.2) is 30.3 Å². The predicted molar refractivity (Wildman–Crippen MR) is 116 cm³/mol. The van der Waals surface area contributed by atoms with Gasteiger partial charge in [0.2, 0.25) is 5.91 Å². The largest absolute Gasteiger partial charge is 0.492 e. The van der Waals surface area contributed by atoms with Gasteiger partial charge >= 0.3 is 0 Å². The lowest BCUT2D eigenvalue weighted by molar-refractivity contribution is -0.127. The second kappa shape index (κ2) is 8.03. The second-order valence-corrected chi connectivity index (χ2v) is 9.25. The van der Waals surface area contributed by atoms with Gasteiger partial charge in [0.1, 0.15) is 5.75 Å². The first-order chi connectivity index (χ1) is 15.4. The van der Waals surface area contributed by atoms with Gasteiger partial charge in [-0.25, -0.2) is 8.78 Å². The van der Waals surface area contributed by atoms with E-state index in [4.69, 9.17) is 16.3 Å². The van der Waals surface area contributed by atoms with E-state index in [1.807, 2.05) is 12.1 Å². The Morgan fingerprint density at radius 2 is 1.91 bits per heavy atom. The Bertz CT molecular complexity index is 1100. The highest BCUT2D eigenvalue weighted by atomic mass is 35.5. The van der Waals surface area contributed by atoms with Crippen LogP contribution in [0.5, 0.6) is 5.75 Å². The molecule has 1 spiro atoms. The van der Waals surface area contributed by atoms with Crippen LogP contribution in [0.25, 0.3) is 0 Å². The number of halogens is 3. The maximum atomic E-state index is 13.7. The number of hydrogen-bond acceptors (Lipinski definition) is 3. The van der Waals surface area contributed by atoms with Crippen LogP contribution in [0.3, 0.4) is 0 Å². The number of carbonyl (C=O) groups is 2. The SMILES string of the molecule is O=C(NC1CCC2(CC1)CCN(c1cc(F)c(F)cc1Cl)C2=O)c1cccc2c1OCC2. The minimum Gasteiger partial charge on any atom is -0.492 e. The van der Waals surface area contributed by atoms with Crippen LogP contribution in [-0.2, 0) is 11.2 Å². The average molecular weight is 461 g/mol. The zero-order chi connectivity index (χ0) is 22.5. The highest BCUT2D eigenvalue weighted by Crippen LogP contribution is 2.47. The summed E-state index contributed by atoms with van der Waals surface area (Å²) in [6.45, 7) is 1.00. The lowest BCUT2D eigenvalue weighted by atomic mass is 9.71. The molecule has 1 N–H and O–H groups in total. The van der Waals surface area contributed by atoms with E-state index in [1.165, 1.54) is 4.90 Å². The molecule has 0 aromatic heterocycles. The number of rotatable bonds is 3. The molecule has 0 radical (unpaired) electrons. The smallest absolute Gasteiger partial charge is 0.255 e. The van der Waals surface area contributed by atoms with E-state index in [2.05, 4.69) is 5.32 Å². The quantitative estimate of drug-likeness (QED) is 0.678. The first-order valence-corrected chi connectivity index (χ1v) is 11.3. The van der Waals surface area contributed by atoms with Crippen molar-refractivity contribution in [2.75, 3.05) is 18.1 Å². The standard InChI is InChI=1S/C24H23ClF2N2O3/c25-17-12-18(26)19(27)13-20(17)29-10-9-24(23(29)31)7-4-15(5-8-24)28-22(30)16-3-1-2-14-6-11-32-21(14)16/h1-3,12-13,15H,4-11H2,(H,28,30). The van der Waals surface area contributed by atoms with Crippen molar-refractivity contribution in [2.45, 2.75) is 44.6 Å². The minimum absolute atomic E-state index is 0.0212. The van der Waals surface area contributed by atoms with Crippen molar-refractivity contribution in [1.29, 1.82) is 0 Å². The Kier molecular flexibility index (Phi) is 5.32. The van der Waals surface area contributed by atoms with Crippen molar-refractivity contribution in [3.63, 3.8) is 0 Å². The van der Waals surface area contributed by atoms with Crippen molar-refractivity contribution in [2.24, 2.45) is 5.41 Å². The number of carbonyl (C=O) groups excluding carboxylic acids is 2. The number of nitrogens with one attached hydrogen (secondary N) is 1. The zero-order valence-electron chi connectivity index (χ0n) is 17.4. The minimum atomic E-state index is -1.04. The van der Waals surface area contributed by atoms with Crippen molar-refractivity contribution < 1.29 is 23.1 Å². The summed E-state index contributed by atoms with van der Waals surface area (Å²) in [6.07, 6.45) is 4.03. The van der Waals surface area contributed by atoms with Gasteiger partial charge in [0.15, 0.2) is 11.6 Å². The number of para-hydroxylation sites is 1. The fourth-order valence-corrected chi connectivity index (χ4v) is 5.46. The van der Waals surface area contributed by atoms with Gasteiger partial charge in [-0.1, -0.05) is 23.7 Å². The summed E-state index contributed by atoms with van der Waals surface area (Å²) in [6, 6.07) is 7.47. The third-order valence-corrected chi connectivity index (χ3v) is 7.33. The second-order valence-electron chi connectivity index (χ2n) is 8.84. The van der Waals surface area contributed by atoms with Crippen molar-refractivity contribution in [3.05, 3.63) is 58.1 Å². The maximum absolute atomic E-state index is 13.7. The number of benzene rings is 2. The van der Waals surface area contributed by atoms with Crippen molar-refractivity contribution >= 4 is 29.1 Å². The lowest BCUT2D eigenvalue weighted by Gasteiger charge is -2.36. The Balaban J connectivity index is 1.25. The highest BCUT2D eigenvalue weighted by Gasteiger charge is 2.49. The third-order valence-electron chi connectivity index (χ3n) is 7.03. The molecule has 2 amide bonds. The molecule has 1 aliphatic carbocycles. The summed E-state index contributed by atoms with van der Waals surface area (Å²) < 4.78 is 32.8. The predicted octanol–water partition coefficient (Wildman–Crippen LogP) is 4.65. The molecule has 0 unspecified atom stereocenters. The normalized spacial score (nSPS) is 24.5. The zero-order valence-corrected chi connectivity index (χ0v) is 18.2. The molecule has 1 saturated heterocycles. The van der Waals surface area contributed by atoms with E-state index in [9.17, 15) is 18.4 Å². The van der Waals surface area contributed by atoms with Crippen molar-refractivity contribution in [1.82, 2.24) is 5.32 Å². The molecule has 2 aliphatic heterocycles. The number of amides is 2. The molecular weight excluding hydrogens is 438 g/mol. The maximum Gasteiger partial charge on any atom is 0.255 e. The lowest BCUT2D eigenvalue weighted by Crippen LogP contribution is -2.44. The fraction of sp³-hybridized carbons (Fsp3) is 0.417. The first-order valence-electron chi connectivity index (χ1n) is 10.9. The molecular formula is C24H23ClF2N2O3. The molecule has 0 bridgehead atoms. The van der Waals surface area contributed by atoms with Gasteiger partial charge in [-0.05, 0) is 49.8 Å². The molecule has 2 aromatic rings. The first kappa shape index (κ1) is 21.2. The average Bonchev–Trinajstić information content (AvgIpc) is 3.38. The number of hydrogen-bond donors (Lipinski definition) is 1. The number of nitrogens with zero attached hydrogens (tertiary/aromatic N) is 1. The number of anilines is 1. The molecule has 168 valence electrons. The van der Waals surface area contributed by atoms with Crippen LogP contribution in [0.1, 0.15) is 48.0 Å². The molecule has 1 saturated carbocycles. The number of fused-ring (bicyclic) bond motifs is 1. The van der Waals surface area contributed by atoms with Crippen LogP contribution >= 0.6 is 11.6 Å². The summed E-state index contributed by atoms with van der Waals surface area (Å²) in [5, 5.41) is 3.12. The molecule has 8 heteroatoms. The summed E-state index contributed by atoms with van der Waals surface area (Å²) in [4.78, 5) is 27.6. The van der Waals surface area contributed by atoms with Crippen molar-refractivity contribution in [3.8, 4) is 5.75 Å². The summed E-state index contributed by atoms with van der Waals surface area (Å²) >= 11 is 6.09. The Morgan fingerprint density at radius 1 is 1.16 bits per heavy atom. The topological polar surface area (TPSA) is 58.6 Å². The van der Waals surface area contributed by atoms with Gasteiger partial charge in [0.25, 0.3) is 5.91 Å². The fourth-order valence-electron chi connectivity index (χ4n) is 5.21. The van der Waals surface area contributed by atoms with E-state index in [0.717, 1.165) is 24.1 Å². The van der Waals surface area contributed by atoms with Gasteiger partial charge in [0.05, 0.1) is 28.3 Å². The Hall–Kier alpha value is -2.67. The van der Waals surface area contributed by atoms with Gasteiger partial charge < -0.3 is 15.0 Å². The van der Waals surface area contributed by atoms with Crippen LogP contribution in [0.4, 0.5) is 14.5 Å². The highest BCUT2D eigenvalue weighted by molar-refractivity contribution is 6.34. The molecule has 5 nitrogen and oxygen atoms in total. The number of ether oxygens (including phenoxy) is 1. The van der Waals surface area contributed by atoms with Gasteiger partial charge in [-0.2, -0.15) is 0 Å². The Morgan fingerprint density at radius 3 is 2.69 bits per heavy atom. The van der Waals surface area contributed by atoms with E-state index in [1.54, 1.807) is 6.07 Å². The van der Waals surface area contributed by atoms with E-state index in [0.29, 0.717) is 56.6 Å². The molecule has 2 aromatic carbocycles. The van der Waals surface area contributed by atoms with Crippen LogP contribution < -0.4 is 15.0 Å². The molecule has 3 aliphatic rings. The Labute approximate surface area is 189 Å². The van der Waals surface area contributed by atoms with Crippen LogP contribution in [0.2, 0.25) is 5.02 Å². The van der Waals surface area contributed by atoms with Gasteiger partial charge in [-0.15, -0.1) is 0 Å². The molecule has 5 rings (SSSR count). The molecule has 32 heavy (non-hydrogen) atoms. The monoisotopic (exact) mass is 460 g/mol. The van der Waals surface area contributed by atoms with E-state index >= 15 is 0 Å². The summed E-state index contributed by atoms with van der Waals surface area (Å²) in [7, 11) is 0. The van der Waals surface area contributed by atoms with Crippen LogP contribution in [-0.4, -0.2) is 31.0 Å². The molecule has 2 fully saturated rings. The van der Waals surface area contributed by atoms with Crippen LogP contribution in [0, 0.1) is 17.0 Å². The third kappa shape index (κ3) is 3.52. The molecule has 0 atom stereocenters. The van der Waals surface area contributed by atoms with Gasteiger partial charge in [0, 0.05) is 25.1 Å². The summed E-state index contributed by atoms with van der Waals surface area (Å²) in [5.41, 5.74) is 1.26. The van der Waals surface area contributed by atoms with E-state index < -0.39 is 17.0 Å². The van der Waals surface area contributed by atoms with E-state index in [-0.39, 0.29) is 28.6 Å². The van der Waals surface area contributed by atoms with Gasteiger partial charge in [-0.3, -0.25) is 9.59 Å².